The van der Waals surface area contributed by atoms with Crippen molar-refractivity contribution in [3.63, 3.8) is 0 Å². The number of halogens is 3. The zero-order chi connectivity index (χ0) is 28.0. The maximum Gasteiger partial charge on any atom is 1.00 e. The van der Waals surface area contributed by atoms with Gasteiger partial charge in [-0.1, -0.05) is 26.7 Å². The zero-order valence-corrected chi connectivity index (χ0v) is 26.1. The SMILES string of the molecule is CCCCN1C(=O)C(S(=O)(=O)C(F)(F)F)C(=O)N(C)S1(=O)=O.CCC[Si](C)(C)OC[Si](C)(C)OC.[Li+]. The van der Waals surface area contributed by atoms with Gasteiger partial charge in [0, 0.05) is 20.7 Å². The molecule has 1 heterocycles. The summed E-state index contributed by atoms with van der Waals surface area (Å²) in [5.41, 5.74) is -5.86. The molecule has 0 radical (unpaired) electrons. The van der Waals surface area contributed by atoms with Gasteiger partial charge < -0.3 is 8.85 Å². The van der Waals surface area contributed by atoms with Crippen molar-refractivity contribution in [2.45, 2.75) is 76.1 Å². The van der Waals surface area contributed by atoms with Gasteiger partial charge in [-0.2, -0.15) is 21.6 Å². The van der Waals surface area contributed by atoms with Crippen molar-refractivity contribution in [3.8, 4) is 0 Å². The third-order valence-electron chi connectivity index (χ3n) is 5.19. The number of amides is 2. The number of sulfone groups is 1. The third kappa shape index (κ3) is 9.71. The Morgan fingerprint density at radius 1 is 1.00 bits per heavy atom. The van der Waals surface area contributed by atoms with Crippen LogP contribution in [0.2, 0.25) is 32.2 Å². The summed E-state index contributed by atoms with van der Waals surface area (Å²) in [5, 5.41) is -3.14. The average molecular weight is 594 g/mol. The van der Waals surface area contributed by atoms with Crippen molar-refractivity contribution in [2.75, 3.05) is 26.9 Å². The second-order valence-corrected chi connectivity index (χ2v) is 21.6. The zero-order valence-electron chi connectivity index (χ0n) is 22.4. The Morgan fingerprint density at radius 3 is 1.89 bits per heavy atom. The molecule has 36 heavy (non-hydrogen) atoms. The van der Waals surface area contributed by atoms with Crippen LogP contribution in [-0.4, -0.2) is 91.6 Å². The Balaban J connectivity index is 0. The van der Waals surface area contributed by atoms with E-state index in [4.69, 9.17) is 8.85 Å². The third-order valence-corrected chi connectivity index (χ3v) is 13.5. The Hall–Kier alpha value is -0.419. The van der Waals surface area contributed by atoms with Crippen LogP contribution in [0.1, 0.15) is 33.1 Å². The first-order valence-electron chi connectivity index (χ1n) is 11.0. The predicted molar refractivity (Wildman–Crippen MR) is 130 cm³/mol. The molecule has 1 atom stereocenters. The van der Waals surface area contributed by atoms with Gasteiger partial charge in [-0.05, 0) is 38.7 Å². The Morgan fingerprint density at radius 2 is 1.50 bits per heavy atom. The molecule has 0 aliphatic carbocycles. The van der Waals surface area contributed by atoms with E-state index in [0.717, 1.165) is 6.23 Å². The van der Waals surface area contributed by atoms with E-state index < -0.39 is 65.8 Å². The molecule has 1 aliphatic heterocycles. The summed E-state index contributed by atoms with van der Waals surface area (Å²) in [6.07, 6.45) is 2.58. The molecule has 208 valence electrons. The molecule has 2 amide bonds. The monoisotopic (exact) mass is 593 g/mol. The van der Waals surface area contributed by atoms with Gasteiger partial charge in [0.05, 0.1) is 6.23 Å². The molecular formula is C18H37F3LiN2O8S2Si2+. The fourth-order valence-corrected chi connectivity index (χ4v) is 9.76. The van der Waals surface area contributed by atoms with Crippen LogP contribution in [0.3, 0.4) is 0 Å². The Labute approximate surface area is 226 Å². The first kappa shape index (κ1) is 37.7. The maximum atomic E-state index is 12.6. The number of carbonyl (C=O) groups is 2. The van der Waals surface area contributed by atoms with Gasteiger partial charge in [0.15, 0.2) is 8.32 Å². The molecule has 1 aliphatic rings. The van der Waals surface area contributed by atoms with E-state index in [1.54, 1.807) is 14.0 Å². The number of alkyl halides is 3. The Kier molecular flexibility index (Phi) is 14.8. The van der Waals surface area contributed by atoms with Gasteiger partial charge in [0.2, 0.25) is 13.6 Å². The molecule has 0 aromatic carbocycles. The average Bonchev–Trinajstić information content (AvgIpc) is 2.70. The smallest absolute Gasteiger partial charge is 0.418 e. The van der Waals surface area contributed by atoms with Crippen molar-refractivity contribution >= 4 is 48.5 Å². The van der Waals surface area contributed by atoms with Crippen LogP contribution in [0.5, 0.6) is 0 Å². The molecule has 0 bridgehead atoms. The largest absolute Gasteiger partial charge is 1.00 e. The predicted octanol–water partition coefficient (Wildman–Crippen LogP) is -0.352. The number of unbranched alkanes of at least 4 members (excludes halogenated alkanes) is 1. The topological polar surface area (TPSA) is 127 Å². The van der Waals surface area contributed by atoms with Gasteiger partial charge in [0.1, 0.15) is 0 Å². The molecule has 18 heteroatoms. The summed E-state index contributed by atoms with van der Waals surface area (Å²) in [5.74, 6) is -3.86. The second-order valence-electron chi connectivity index (χ2n) is 9.21. The summed E-state index contributed by atoms with van der Waals surface area (Å²) in [7, 11) is -11.3. The van der Waals surface area contributed by atoms with E-state index in [2.05, 4.69) is 33.1 Å². The molecule has 0 aromatic rings. The van der Waals surface area contributed by atoms with E-state index >= 15 is 0 Å². The van der Waals surface area contributed by atoms with Crippen LogP contribution in [0.4, 0.5) is 13.2 Å². The van der Waals surface area contributed by atoms with Gasteiger partial charge >= 0.3 is 34.6 Å². The summed E-state index contributed by atoms with van der Waals surface area (Å²) < 4.78 is 95.6. The number of hydrogen-bond acceptors (Lipinski definition) is 8. The summed E-state index contributed by atoms with van der Waals surface area (Å²) >= 11 is 0. The first-order valence-corrected chi connectivity index (χ1v) is 20.1. The molecule has 1 saturated heterocycles. The number of carbonyl (C=O) groups excluding carboxylic acids is 2. The van der Waals surface area contributed by atoms with E-state index in [9.17, 15) is 39.6 Å². The van der Waals surface area contributed by atoms with Gasteiger partial charge in [-0.25, -0.2) is 17.0 Å². The second kappa shape index (κ2) is 14.1. The Bertz CT molecular complexity index is 964. The van der Waals surface area contributed by atoms with Crippen molar-refractivity contribution in [2.24, 2.45) is 0 Å². The first-order chi connectivity index (χ1) is 15.6. The fourth-order valence-electron chi connectivity index (χ4n) is 2.81. The number of rotatable bonds is 10. The fraction of sp³-hybridized carbons (Fsp3) is 0.889. The summed E-state index contributed by atoms with van der Waals surface area (Å²) in [4.78, 5) is 23.6. The molecule has 0 N–H and O–H groups in total. The maximum absolute atomic E-state index is 12.6. The number of nitrogens with zero attached hydrogens (tertiary/aromatic N) is 2. The van der Waals surface area contributed by atoms with E-state index in [1.165, 1.54) is 12.5 Å². The minimum Gasteiger partial charge on any atom is -0.418 e. The van der Waals surface area contributed by atoms with Crippen LogP contribution < -0.4 is 18.9 Å². The van der Waals surface area contributed by atoms with Gasteiger partial charge in [-0.3, -0.25) is 9.59 Å². The van der Waals surface area contributed by atoms with Crippen molar-refractivity contribution in [1.29, 1.82) is 0 Å². The summed E-state index contributed by atoms with van der Waals surface area (Å²) in [6, 6.07) is 1.25. The standard InChI is InChI=1S/C9H13F3N2O6S2.C9H24O2Si2.Li/c1-3-4-5-14-8(16)6(21(17,18)9(10,11)12)7(15)13(2)22(14,19)20;1-7-8-12(3,4)11-9-13(5,6)10-2;/h6H,3-5H2,1-2H3;7-9H2,1-6H3;/q;;+1. The van der Waals surface area contributed by atoms with Crippen LogP contribution in [0.15, 0.2) is 0 Å². The normalized spacial score (nSPS) is 18.9. The molecule has 10 nitrogen and oxygen atoms in total. The molecule has 0 aromatic heterocycles. The molecular weight excluding hydrogens is 556 g/mol. The number of hydrogen-bond donors (Lipinski definition) is 0. The molecule has 1 rings (SSSR count). The van der Waals surface area contributed by atoms with Gasteiger partial charge in [0.25, 0.3) is 21.7 Å². The van der Waals surface area contributed by atoms with E-state index in [1.807, 2.05) is 0 Å². The van der Waals surface area contributed by atoms with Crippen molar-refractivity contribution < 1.29 is 67.3 Å². The van der Waals surface area contributed by atoms with Gasteiger partial charge in [-0.15, -0.1) is 0 Å². The quantitative estimate of drug-likeness (QED) is 0.249. The molecule has 0 saturated carbocycles. The van der Waals surface area contributed by atoms with Crippen LogP contribution >= 0.6 is 0 Å². The van der Waals surface area contributed by atoms with E-state index in [0.29, 0.717) is 13.5 Å². The molecule has 0 spiro atoms. The minimum atomic E-state index is -6.19. The van der Waals surface area contributed by atoms with Crippen molar-refractivity contribution in [1.82, 2.24) is 8.61 Å². The van der Waals surface area contributed by atoms with Crippen LogP contribution in [0, 0.1) is 0 Å². The van der Waals surface area contributed by atoms with Crippen LogP contribution in [0.25, 0.3) is 0 Å². The van der Waals surface area contributed by atoms with Crippen LogP contribution in [-0.2, 0) is 38.5 Å². The molecule has 1 unspecified atom stereocenters. The minimum absolute atomic E-state index is 0. The van der Waals surface area contributed by atoms with Crippen molar-refractivity contribution in [3.05, 3.63) is 0 Å². The van der Waals surface area contributed by atoms with E-state index in [-0.39, 0.29) is 33.9 Å². The molecule has 1 fully saturated rings. The summed E-state index contributed by atoms with van der Waals surface area (Å²) in [6.45, 7) is 12.3.